The Kier molecular flexibility index (Phi) is 7.71. The van der Waals surface area contributed by atoms with E-state index in [0.717, 1.165) is 6.20 Å². The molecule has 0 aliphatic carbocycles. The second-order valence-corrected chi connectivity index (χ2v) is 8.05. The van der Waals surface area contributed by atoms with Gasteiger partial charge in [0, 0.05) is 24.1 Å². The van der Waals surface area contributed by atoms with Gasteiger partial charge in [0.25, 0.3) is 0 Å². The van der Waals surface area contributed by atoms with E-state index in [-0.39, 0.29) is 24.6 Å². The molecule has 2 aromatic carbocycles. The van der Waals surface area contributed by atoms with Gasteiger partial charge in [-0.2, -0.15) is 0 Å². The van der Waals surface area contributed by atoms with Crippen molar-refractivity contribution >= 4 is 17.5 Å². The number of carbonyl (C=O) groups is 1. The van der Waals surface area contributed by atoms with Crippen molar-refractivity contribution in [2.24, 2.45) is 10.9 Å². The van der Waals surface area contributed by atoms with Crippen LogP contribution in [0.15, 0.2) is 71.6 Å². The highest BCUT2D eigenvalue weighted by Gasteiger charge is 2.29. The van der Waals surface area contributed by atoms with E-state index in [9.17, 15) is 23.1 Å². The summed E-state index contributed by atoms with van der Waals surface area (Å²) in [6.45, 7) is 3.74. The molecule has 0 aromatic heterocycles. The fourth-order valence-electron chi connectivity index (χ4n) is 3.48. The van der Waals surface area contributed by atoms with Gasteiger partial charge in [-0.15, -0.1) is 0 Å². The molecule has 3 rings (SSSR count). The Balaban J connectivity index is 2.07. The van der Waals surface area contributed by atoms with Crippen LogP contribution in [0, 0.1) is 17.6 Å². The van der Waals surface area contributed by atoms with Crippen molar-refractivity contribution in [3.05, 3.63) is 89.4 Å². The monoisotopic (exact) mass is 458 g/mol. The summed E-state index contributed by atoms with van der Waals surface area (Å²) in [5.74, 6) is -2.55. The lowest BCUT2D eigenvalue weighted by Gasteiger charge is -2.36. The Morgan fingerprint density at radius 1 is 1.09 bits per heavy atom. The minimum absolute atomic E-state index is 0.169. The van der Waals surface area contributed by atoms with Gasteiger partial charge in [-0.05, 0) is 54.5 Å². The van der Waals surface area contributed by atoms with E-state index in [2.05, 4.69) is 4.99 Å². The topological polar surface area (TPSA) is 73.1 Å². The van der Waals surface area contributed by atoms with Gasteiger partial charge in [0.1, 0.15) is 29.4 Å². The molecule has 0 spiro atoms. The smallest absolute Gasteiger partial charge is 0.303 e. The minimum atomic E-state index is -1.59. The molecule has 5 nitrogen and oxygen atoms in total. The van der Waals surface area contributed by atoms with Gasteiger partial charge < -0.3 is 15.1 Å². The van der Waals surface area contributed by atoms with Crippen LogP contribution < -0.4 is 0 Å². The summed E-state index contributed by atoms with van der Waals surface area (Å²) in [4.78, 5) is 17.0. The number of aliphatic carboxylic acids is 1. The number of aliphatic imine (C=N–C) groups is 1. The predicted molar refractivity (Wildman–Crippen MR) is 120 cm³/mol. The van der Waals surface area contributed by atoms with Crippen LogP contribution >= 0.6 is 0 Å². The van der Waals surface area contributed by atoms with E-state index in [4.69, 9.17) is 5.11 Å². The third-order valence-corrected chi connectivity index (χ3v) is 5.20. The molecule has 2 aromatic rings. The molecule has 0 bridgehead atoms. The zero-order chi connectivity index (χ0) is 24.1. The number of amidine groups is 1. The fraction of sp³-hybridized carbons (Fsp3) is 0.280. The lowest BCUT2D eigenvalue weighted by atomic mass is 9.97. The highest BCUT2D eigenvalue weighted by molar-refractivity contribution is 5.93. The maximum atomic E-state index is 14.9. The molecule has 174 valence electrons. The number of carboxylic acid groups (broad SMARTS) is 1. The van der Waals surface area contributed by atoms with E-state index in [0.29, 0.717) is 22.7 Å². The first-order valence-electron chi connectivity index (χ1n) is 10.5. The standard InChI is InChI=1S/C25H25F3N2O3/c1-15(2)25-29-21(16-3-7-18(26)8-4-16)13-22(17-5-9-19(27)10-6-17)30(25)14-20(28)23(31)11-12-24(32)33/h3-10,13-15,22-23,31H,11-12H2,1-2H3,(H,32,33)/t22?,23-/m0/s1. The summed E-state index contributed by atoms with van der Waals surface area (Å²) >= 11 is 0. The van der Waals surface area contributed by atoms with Gasteiger partial charge in [-0.3, -0.25) is 4.79 Å². The van der Waals surface area contributed by atoms with E-state index in [1.54, 1.807) is 35.2 Å². The highest BCUT2D eigenvalue weighted by Crippen LogP contribution is 2.35. The third kappa shape index (κ3) is 6.10. The number of benzene rings is 2. The number of hydrogen-bond acceptors (Lipinski definition) is 4. The molecule has 2 atom stereocenters. The normalized spacial score (nSPS) is 17.6. The van der Waals surface area contributed by atoms with Crippen molar-refractivity contribution in [3.63, 3.8) is 0 Å². The van der Waals surface area contributed by atoms with Crippen molar-refractivity contribution in [1.82, 2.24) is 4.90 Å². The van der Waals surface area contributed by atoms with Crippen LogP contribution in [-0.4, -0.2) is 33.0 Å². The van der Waals surface area contributed by atoms with Crippen molar-refractivity contribution < 1.29 is 28.2 Å². The molecule has 0 saturated carbocycles. The summed E-state index contributed by atoms with van der Waals surface area (Å²) < 4.78 is 41.9. The highest BCUT2D eigenvalue weighted by atomic mass is 19.1. The zero-order valence-electron chi connectivity index (χ0n) is 18.3. The van der Waals surface area contributed by atoms with Gasteiger partial charge in [0.15, 0.2) is 0 Å². The quantitative estimate of drug-likeness (QED) is 0.552. The third-order valence-electron chi connectivity index (χ3n) is 5.20. The molecule has 2 N–H and O–H groups in total. The number of rotatable bonds is 8. The Bertz CT molecular complexity index is 1080. The molecule has 1 aliphatic heterocycles. The number of aliphatic hydroxyl groups excluding tert-OH is 1. The second-order valence-electron chi connectivity index (χ2n) is 8.05. The maximum absolute atomic E-state index is 14.9. The first-order valence-corrected chi connectivity index (χ1v) is 10.5. The summed E-state index contributed by atoms with van der Waals surface area (Å²) in [5.41, 5.74) is 1.85. The first-order chi connectivity index (χ1) is 15.7. The molecule has 33 heavy (non-hydrogen) atoms. The minimum Gasteiger partial charge on any atom is -0.481 e. The Morgan fingerprint density at radius 2 is 1.67 bits per heavy atom. The molecule has 0 amide bonds. The van der Waals surface area contributed by atoms with Crippen molar-refractivity contribution in [3.8, 4) is 0 Å². The van der Waals surface area contributed by atoms with Gasteiger partial charge in [0.2, 0.25) is 0 Å². The molecule has 1 heterocycles. The number of hydrogen-bond donors (Lipinski definition) is 2. The molecular weight excluding hydrogens is 433 g/mol. The second kappa shape index (κ2) is 10.5. The van der Waals surface area contributed by atoms with Gasteiger partial charge in [-0.25, -0.2) is 18.2 Å². The largest absolute Gasteiger partial charge is 0.481 e. The Hall–Kier alpha value is -3.39. The van der Waals surface area contributed by atoms with Crippen molar-refractivity contribution in [2.75, 3.05) is 0 Å². The van der Waals surface area contributed by atoms with Crippen molar-refractivity contribution in [1.29, 1.82) is 0 Å². The lowest BCUT2D eigenvalue weighted by molar-refractivity contribution is -0.137. The predicted octanol–water partition coefficient (Wildman–Crippen LogP) is 5.45. The molecule has 0 radical (unpaired) electrons. The van der Waals surface area contributed by atoms with Crippen LogP contribution in [0.5, 0.6) is 0 Å². The first kappa shape index (κ1) is 24.3. The summed E-state index contributed by atoms with van der Waals surface area (Å²) in [6.07, 6.45) is 0.601. The summed E-state index contributed by atoms with van der Waals surface area (Å²) in [6, 6.07) is 10.9. The van der Waals surface area contributed by atoms with Crippen LogP contribution in [0.4, 0.5) is 13.2 Å². The average molecular weight is 458 g/mol. The van der Waals surface area contributed by atoms with E-state index in [1.807, 2.05) is 13.8 Å². The van der Waals surface area contributed by atoms with Crippen LogP contribution in [0.3, 0.4) is 0 Å². The van der Waals surface area contributed by atoms with E-state index < -0.39 is 29.8 Å². The lowest BCUT2D eigenvalue weighted by Crippen LogP contribution is -2.36. The maximum Gasteiger partial charge on any atom is 0.303 e. The van der Waals surface area contributed by atoms with Gasteiger partial charge in [-0.1, -0.05) is 26.0 Å². The van der Waals surface area contributed by atoms with Crippen LogP contribution in [0.2, 0.25) is 0 Å². The molecule has 0 fully saturated rings. The van der Waals surface area contributed by atoms with Crippen LogP contribution in [0.25, 0.3) is 5.70 Å². The number of aliphatic hydroxyl groups is 1. The fourth-order valence-corrected chi connectivity index (χ4v) is 3.48. The van der Waals surface area contributed by atoms with Crippen LogP contribution in [0.1, 0.15) is 43.9 Å². The molecular formula is C25H25F3N2O3. The summed E-state index contributed by atoms with van der Waals surface area (Å²) in [7, 11) is 0. The van der Waals surface area contributed by atoms with Gasteiger partial charge in [0.05, 0.1) is 11.7 Å². The SMILES string of the molecule is CC(C)C1=NC(c2ccc(F)cc2)=CC(c2ccc(F)cc2)N1C=C(F)[C@@H](O)CCC(=O)O. The van der Waals surface area contributed by atoms with Crippen molar-refractivity contribution in [2.45, 2.75) is 38.8 Å². The average Bonchev–Trinajstić information content (AvgIpc) is 2.78. The molecule has 1 unspecified atom stereocenters. The zero-order valence-corrected chi connectivity index (χ0v) is 18.3. The van der Waals surface area contributed by atoms with E-state index in [1.165, 1.54) is 24.3 Å². The molecule has 8 heteroatoms. The molecule has 0 saturated heterocycles. The van der Waals surface area contributed by atoms with Gasteiger partial charge >= 0.3 is 5.97 Å². The Labute approximate surface area is 190 Å². The van der Waals surface area contributed by atoms with E-state index >= 15 is 0 Å². The number of nitrogens with zero attached hydrogens (tertiary/aromatic N) is 2. The van der Waals surface area contributed by atoms with Crippen LogP contribution in [-0.2, 0) is 4.79 Å². The summed E-state index contributed by atoms with van der Waals surface area (Å²) in [5, 5.41) is 18.9. The molecule has 1 aliphatic rings. The Morgan fingerprint density at radius 3 is 2.21 bits per heavy atom. The number of halogens is 3. The number of carboxylic acids is 1.